The number of methoxy groups -OCH3 is 1. The highest BCUT2D eigenvalue weighted by molar-refractivity contribution is 6.02. The lowest BCUT2D eigenvalue weighted by Gasteiger charge is -2.27. The minimum atomic E-state index is -0.0936. The van der Waals surface area contributed by atoms with Crippen molar-refractivity contribution in [1.29, 1.82) is 5.41 Å². The number of hydrogen-bond donors (Lipinski definition) is 4. The predicted molar refractivity (Wildman–Crippen MR) is 140 cm³/mol. The molecule has 0 spiro atoms. The molecule has 4 aromatic rings. The standard InChI is InChI=1S/C28H31N5O2/c1-35-26-7-3-5-22-19(4-2-6-23(22)26)16-33-24-15-18(27(30)31)9-8-17(24)14-25(33)28(34)32-21-12-10-20(29)11-13-21/h2-9,14-15,20-21H,10-13,16,29H2,1H3,(H3,30,31)(H,32,34)/t20-,21-. The Kier molecular flexibility index (Phi) is 6.17. The van der Waals surface area contributed by atoms with Crippen molar-refractivity contribution in [2.45, 2.75) is 44.3 Å². The van der Waals surface area contributed by atoms with E-state index >= 15 is 0 Å². The summed E-state index contributed by atoms with van der Waals surface area (Å²) in [6, 6.07) is 20.0. The second-order valence-electron chi connectivity index (χ2n) is 9.36. The first-order valence-electron chi connectivity index (χ1n) is 12.0. The first-order chi connectivity index (χ1) is 16.9. The molecule has 1 heterocycles. The molecule has 1 aromatic heterocycles. The molecule has 1 aliphatic rings. The number of carbonyl (C=O) groups is 1. The van der Waals surface area contributed by atoms with Crippen LogP contribution in [0.5, 0.6) is 5.75 Å². The molecule has 6 N–H and O–H groups in total. The van der Waals surface area contributed by atoms with E-state index in [-0.39, 0.29) is 23.8 Å². The van der Waals surface area contributed by atoms with Gasteiger partial charge in [-0.3, -0.25) is 10.2 Å². The van der Waals surface area contributed by atoms with Gasteiger partial charge in [0, 0.05) is 40.5 Å². The highest BCUT2D eigenvalue weighted by atomic mass is 16.5. The maximum Gasteiger partial charge on any atom is 0.268 e. The van der Waals surface area contributed by atoms with Gasteiger partial charge in [0.15, 0.2) is 0 Å². The Labute approximate surface area is 204 Å². The number of amidine groups is 1. The largest absolute Gasteiger partial charge is 0.496 e. The zero-order valence-corrected chi connectivity index (χ0v) is 19.9. The monoisotopic (exact) mass is 469 g/mol. The molecule has 35 heavy (non-hydrogen) atoms. The first-order valence-corrected chi connectivity index (χ1v) is 12.0. The number of rotatable bonds is 6. The molecule has 0 bridgehead atoms. The zero-order chi connectivity index (χ0) is 24.5. The average molecular weight is 470 g/mol. The van der Waals surface area contributed by atoms with Crippen LogP contribution in [0.2, 0.25) is 0 Å². The highest BCUT2D eigenvalue weighted by Gasteiger charge is 2.23. The van der Waals surface area contributed by atoms with E-state index in [0.29, 0.717) is 17.8 Å². The Morgan fingerprint density at radius 2 is 1.80 bits per heavy atom. The summed E-state index contributed by atoms with van der Waals surface area (Å²) >= 11 is 0. The third kappa shape index (κ3) is 4.47. The summed E-state index contributed by atoms with van der Waals surface area (Å²) in [7, 11) is 1.67. The van der Waals surface area contributed by atoms with Crippen molar-refractivity contribution in [1.82, 2.24) is 9.88 Å². The number of nitrogens with zero attached hydrogens (tertiary/aromatic N) is 1. The van der Waals surface area contributed by atoms with Gasteiger partial charge in [-0.2, -0.15) is 0 Å². The number of fused-ring (bicyclic) bond motifs is 2. The van der Waals surface area contributed by atoms with Gasteiger partial charge in [-0.25, -0.2) is 0 Å². The zero-order valence-electron chi connectivity index (χ0n) is 19.9. The van der Waals surface area contributed by atoms with Gasteiger partial charge in [0.05, 0.1) is 7.11 Å². The summed E-state index contributed by atoms with van der Waals surface area (Å²) in [6.45, 7) is 0.494. The molecule has 1 amide bonds. The number of aromatic nitrogens is 1. The number of hydrogen-bond acceptors (Lipinski definition) is 4. The van der Waals surface area contributed by atoms with E-state index in [1.54, 1.807) is 7.11 Å². The molecule has 7 nitrogen and oxygen atoms in total. The van der Waals surface area contributed by atoms with Crippen LogP contribution in [0.4, 0.5) is 0 Å². The van der Waals surface area contributed by atoms with Crippen molar-refractivity contribution in [3.05, 3.63) is 77.5 Å². The number of benzene rings is 3. The van der Waals surface area contributed by atoms with E-state index < -0.39 is 0 Å². The Balaban J connectivity index is 1.59. The maximum absolute atomic E-state index is 13.5. The van der Waals surface area contributed by atoms with Gasteiger partial charge in [0.2, 0.25) is 0 Å². The Hall–Kier alpha value is -3.84. The van der Waals surface area contributed by atoms with Crippen LogP contribution in [0, 0.1) is 5.41 Å². The van der Waals surface area contributed by atoms with Crippen LogP contribution in [0.1, 0.15) is 47.3 Å². The predicted octanol–water partition coefficient (Wildman–Crippen LogP) is 4.14. The number of nitrogen functional groups attached to an aromatic ring is 1. The molecule has 0 unspecified atom stereocenters. The molecule has 3 aromatic carbocycles. The van der Waals surface area contributed by atoms with Crippen molar-refractivity contribution in [3.8, 4) is 5.75 Å². The van der Waals surface area contributed by atoms with E-state index in [4.69, 9.17) is 21.6 Å². The van der Waals surface area contributed by atoms with Crippen molar-refractivity contribution < 1.29 is 9.53 Å². The van der Waals surface area contributed by atoms with E-state index in [2.05, 4.69) is 17.4 Å². The SMILES string of the molecule is COc1cccc2c(Cn3c(C(=O)N[C@H]4CC[C@H](N)CC4)cc4ccc(C(=N)N)cc43)cccc12. The Morgan fingerprint density at radius 1 is 1.06 bits per heavy atom. The number of nitrogens with two attached hydrogens (primary N) is 2. The van der Waals surface area contributed by atoms with Crippen LogP contribution in [0.25, 0.3) is 21.7 Å². The summed E-state index contributed by atoms with van der Waals surface area (Å²) in [5, 5.41) is 14.2. The molecule has 0 aliphatic heterocycles. The second kappa shape index (κ2) is 9.43. The van der Waals surface area contributed by atoms with Crippen molar-refractivity contribution in [3.63, 3.8) is 0 Å². The number of carbonyl (C=O) groups excluding carboxylic acids is 1. The fraction of sp³-hybridized carbons (Fsp3) is 0.286. The van der Waals surface area contributed by atoms with Crippen molar-refractivity contribution in [2.24, 2.45) is 11.5 Å². The summed E-state index contributed by atoms with van der Waals surface area (Å²) in [6.07, 6.45) is 3.64. The molecule has 180 valence electrons. The lowest BCUT2D eigenvalue weighted by Crippen LogP contribution is -2.41. The Bertz CT molecular complexity index is 1420. The summed E-state index contributed by atoms with van der Waals surface area (Å²) in [5.74, 6) is 0.719. The topological polar surface area (TPSA) is 119 Å². The smallest absolute Gasteiger partial charge is 0.268 e. The minimum Gasteiger partial charge on any atom is -0.496 e. The molecule has 0 radical (unpaired) electrons. The number of amides is 1. The minimum absolute atomic E-state index is 0.000840. The normalized spacial score (nSPS) is 18.0. The van der Waals surface area contributed by atoms with Crippen LogP contribution in [0.15, 0.2) is 60.7 Å². The molecule has 1 aliphatic carbocycles. The summed E-state index contributed by atoms with van der Waals surface area (Å²) in [4.78, 5) is 13.5. The van der Waals surface area contributed by atoms with Crippen LogP contribution < -0.4 is 21.5 Å². The van der Waals surface area contributed by atoms with E-state index in [1.807, 2.05) is 53.1 Å². The molecule has 5 rings (SSSR count). The van der Waals surface area contributed by atoms with Crippen molar-refractivity contribution in [2.75, 3.05) is 7.11 Å². The van der Waals surface area contributed by atoms with Gasteiger partial charge in [0.25, 0.3) is 5.91 Å². The molecular formula is C28H31N5O2. The van der Waals surface area contributed by atoms with Crippen LogP contribution in [-0.2, 0) is 6.54 Å². The van der Waals surface area contributed by atoms with Gasteiger partial charge >= 0.3 is 0 Å². The second-order valence-corrected chi connectivity index (χ2v) is 9.36. The Morgan fingerprint density at radius 3 is 2.54 bits per heavy atom. The fourth-order valence-electron chi connectivity index (χ4n) is 5.14. The van der Waals surface area contributed by atoms with E-state index in [1.165, 1.54) is 0 Å². The van der Waals surface area contributed by atoms with Gasteiger partial charge < -0.3 is 26.1 Å². The van der Waals surface area contributed by atoms with E-state index in [0.717, 1.165) is 58.7 Å². The van der Waals surface area contributed by atoms with Crippen molar-refractivity contribution >= 4 is 33.4 Å². The molecule has 7 heteroatoms. The number of nitrogens with one attached hydrogen (secondary N) is 2. The third-order valence-corrected chi connectivity index (χ3v) is 7.08. The molecule has 0 saturated heterocycles. The van der Waals surface area contributed by atoms with Crippen LogP contribution >= 0.6 is 0 Å². The van der Waals surface area contributed by atoms with Gasteiger partial charge in [-0.15, -0.1) is 0 Å². The van der Waals surface area contributed by atoms with Crippen LogP contribution in [0.3, 0.4) is 0 Å². The third-order valence-electron chi connectivity index (χ3n) is 7.08. The summed E-state index contributed by atoms with van der Waals surface area (Å²) in [5.41, 5.74) is 15.0. The van der Waals surface area contributed by atoms with Gasteiger partial charge in [-0.1, -0.05) is 42.5 Å². The maximum atomic E-state index is 13.5. The lowest BCUT2D eigenvalue weighted by atomic mass is 9.92. The molecule has 1 fully saturated rings. The quantitative estimate of drug-likeness (QED) is 0.251. The average Bonchev–Trinajstić information content (AvgIpc) is 3.23. The summed E-state index contributed by atoms with van der Waals surface area (Å²) < 4.78 is 7.59. The molecule has 0 atom stereocenters. The first kappa shape index (κ1) is 22.9. The highest BCUT2D eigenvalue weighted by Crippen LogP contribution is 2.30. The molecule has 1 saturated carbocycles. The fourth-order valence-corrected chi connectivity index (χ4v) is 5.14. The van der Waals surface area contributed by atoms with E-state index in [9.17, 15) is 4.79 Å². The van der Waals surface area contributed by atoms with Crippen LogP contribution in [-0.4, -0.2) is 35.5 Å². The molecular weight excluding hydrogens is 438 g/mol. The number of ether oxygens (including phenoxy) is 1. The van der Waals surface area contributed by atoms with Gasteiger partial charge in [-0.05, 0) is 54.8 Å². The van der Waals surface area contributed by atoms with Gasteiger partial charge in [0.1, 0.15) is 17.3 Å². The lowest BCUT2D eigenvalue weighted by molar-refractivity contribution is 0.0917.